The molecule has 3 nitrogen and oxygen atoms in total. The zero-order chi connectivity index (χ0) is 14.8. The fraction of sp³-hybridized carbons (Fsp3) is 0.235. The molecular formula is C17H20N2OS. The number of anilines is 1. The Hall–Kier alpha value is -1.78. The molecule has 2 N–H and O–H groups in total. The lowest BCUT2D eigenvalue weighted by Crippen LogP contribution is -2.21. The number of hydrogen-bond donors (Lipinski definition) is 3. The predicted molar refractivity (Wildman–Crippen MR) is 89.7 cm³/mol. The SMILES string of the molecule is CCNc1cccc2c1[SH](NCC)c1ccccc1C2=O. The van der Waals surface area contributed by atoms with Crippen LogP contribution in [0.5, 0.6) is 0 Å². The van der Waals surface area contributed by atoms with Crippen LogP contribution in [0.3, 0.4) is 0 Å². The van der Waals surface area contributed by atoms with E-state index in [0.717, 1.165) is 39.7 Å². The number of carbonyl (C=O) groups is 1. The molecule has 1 atom stereocenters. The minimum Gasteiger partial charge on any atom is -0.384 e. The summed E-state index contributed by atoms with van der Waals surface area (Å²) < 4.78 is 3.59. The van der Waals surface area contributed by atoms with Crippen LogP contribution in [0.2, 0.25) is 0 Å². The second-order valence-corrected chi connectivity index (χ2v) is 6.84. The molecule has 0 saturated heterocycles. The van der Waals surface area contributed by atoms with Crippen LogP contribution >= 0.6 is 11.1 Å². The van der Waals surface area contributed by atoms with Crippen LogP contribution in [-0.4, -0.2) is 18.9 Å². The predicted octanol–water partition coefficient (Wildman–Crippen LogP) is 3.61. The normalized spacial score (nSPS) is 18.0. The fourth-order valence-electron chi connectivity index (χ4n) is 2.75. The fourth-order valence-corrected chi connectivity index (χ4v) is 5.10. The van der Waals surface area contributed by atoms with E-state index < -0.39 is 11.1 Å². The zero-order valence-electron chi connectivity index (χ0n) is 12.3. The van der Waals surface area contributed by atoms with Gasteiger partial charge in [0.2, 0.25) is 0 Å². The number of benzene rings is 2. The molecule has 0 radical (unpaired) electrons. The highest BCUT2D eigenvalue weighted by Crippen LogP contribution is 2.52. The van der Waals surface area contributed by atoms with Gasteiger partial charge < -0.3 is 5.32 Å². The van der Waals surface area contributed by atoms with Crippen molar-refractivity contribution in [2.45, 2.75) is 23.6 Å². The van der Waals surface area contributed by atoms with Gasteiger partial charge in [-0.05, 0) is 31.2 Å². The van der Waals surface area contributed by atoms with Crippen molar-refractivity contribution in [1.82, 2.24) is 4.72 Å². The summed E-state index contributed by atoms with van der Waals surface area (Å²) in [4.78, 5) is 15.0. The Kier molecular flexibility index (Phi) is 3.99. The molecule has 0 aliphatic carbocycles. The number of carbonyl (C=O) groups excluding carboxylic acids is 1. The maximum Gasteiger partial charge on any atom is 0.195 e. The molecule has 21 heavy (non-hydrogen) atoms. The van der Waals surface area contributed by atoms with E-state index in [1.165, 1.54) is 0 Å². The van der Waals surface area contributed by atoms with E-state index in [1.54, 1.807) is 0 Å². The van der Waals surface area contributed by atoms with Crippen LogP contribution in [0.1, 0.15) is 29.8 Å². The largest absolute Gasteiger partial charge is 0.384 e. The topological polar surface area (TPSA) is 41.1 Å². The van der Waals surface area contributed by atoms with Gasteiger partial charge in [-0.3, -0.25) is 9.52 Å². The molecule has 0 bridgehead atoms. The van der Waals surface area contributed by atoms with E-state index >= 15 is 0 Å². The van der Waals surface area contributed by atoms with Gasteiger partial charge in [-0.2, -0.15) is 0 Å². The molecule has 1 aliphatic rings. The van der Waals surface area contributed by atoms with Crippen molar-refractivity contribution in [3.05, 3.63) is 53.6 Å². The lowest BCUT2D eigenvalue weighted by atomic mass is 10.0. The Morgan fingerprint density at radius 3 is 2.48 bits per heavy atom. The maximum atomic E-state index is 12.8. The van der Waals surface area contributed by atoms with Crippen LogP contribution in [0, 0.1) is 0 Å². The van der Waals surface area contributed by atoms with E-state index in [4.69, 9.17) is 0 Å². The highest BCUT2D eigenvalue weighted by Gasteiger charge is 2.30. The van der Waals surface area contributed by atoms with Crippen molar-refractivity contribution in [3.8, 4) is 0 Å². The molecular weight excluding hydrogens is 280 g/mol. The number of fused-ring (bicyclic) bond motifs is 2. The van der Waals surface area contributed by atoms with Gasteiger partial charge in [0.25, 0.3) is 0 Å². The Labute approximate surface area is 128 Å². The van der Waals surface area contributed by atoms with Crippen molar-refractivity contribution in [2.75, 3.05) is 18.4 Å². The van der Waals surface area contributed by atoms with Gasteiger partial charge in [-0.15, -0.1) is 11.1 Å². The first-order chi connectivity index (χ1) is 10.3. The van der Waals surface area contributed by atoms with Crippen molar-refractivity contribution >= 4 is 22.6 Å². The molecule has 0 saturated carbocycles. The van der Waals surface area contributed by atoms with Crippen LogP contribution in [-0.2, 0) is 0 Å². The van der Waals surface area contributed by atoms with Gasteiger partial charge in [0.15, 0.2) is 5.78 Å². The lowest BCUT2D eigenvalue weighted by Gasteiger charge is -2.33. The van der Waals surface area contributed by atoms with Gasteiger partial charge in [0, 0.05) is 39.7 Å². The number of ketones is 1. The third kappa shape index (κ3) is 2.34. The number of hydrogen-bond acceptors (Lipinski definition) is 3. The van der Waals surface area contributed by atoms with Crippen LogP contribution in [0.25, 0.3) is 0 Å². The lowest BCUT2D eigenvalue weighted by molar-refractivity contribution is 0.103. The second kappa shape index (κ2) is 5.92. The first-order valence-corrected chi connectivity index (χ1v) is 8.66. The maximum absolute atomic E-state index is 12.8. The Bertz CT molecular complexity index is 684. The summed E-state index contributed by atoms with van der Waals surface area (Å²) in [5.41, 5.74) is 2.75. The molecule has 0 fully saturated rings. The molecule has 2 aromatic carbocycles. The summed E-state index contributed by atoms with van der Waals surface area (Å²) in [6.45, 7) is 5.92. The number of nitrogens with one attached hydrogen (secondary N) is 2. The quantitative estimate of drug-likeness (QED) is 0.756. The Morgan fingerprint density at radius 1 is 0.952 bits per heavy atom. The van der Waals surface area contributed by atoms with Crippen LogP contribution < -0.4 is 10.0 Å². The highest BCUT2D eigenvalue weighted by molar-refractivity contribution is 8.15. The van der Waals surface area contributed by atoms with Crippen molar-refractivity contribution in [3.63, 3.8) is 0 Å². The smallest absolute Gasteiger partial charge is 0.195 e. The molecule has 1 aliphatic heterocycles. The summed E-state index contributed by atoms with van der Waals surface area (Å²) in [7, 11) is 0. The second-order valence-electron chi connectivity index (χ2n) is 4.93. The van der Waals surface area contributed by atoms with Crippen LogP contribution in [0.4, 0.5) is 5.69 Å². The molecule has 1 heterocycles. The molecule has 0 spiro atoms. The standard InChI is InChI=1S/C17H20N2OS/c1-3-18-14-10-7-9-13-16(20)12-8-5-6-11-15(12)21(17(13)14)19-4-2/h5-11,18-19,21H,3-4H2,1-2H3. The minimum absolute atomic E-state index is 0.136. The first-order valence-electron chi connectivity index (χ1n) is 7.32. The molecule has 2 aromatic rings. The zero-order valence-corrected chi connectivity index (χ0v) is 13.2. The monoisotopic (exact) mass is 300 g/mol. The van der Waals surface area contributed by atoms with Gasteiger partial charge >= 0.3 is 0 Å². The van der Waals surface area contributed by atoms with Gasteiger partial charge in [0.1, 0.15) is 0 Å². The average molecular weight is 300 g/mol. The summed E-state index contributed by atoms with van der Waals surface area (Å²) in [6.07, 6.45) is 0. The van der Waals surface area contributed by atoms with E-state index in [2.05, 4.69) is 36.0 Å². The molecule has 4 heteroatoms. The van der Waals surface area contributed by atoms with Crippen molar-refractivity contribution < 1.29 is 4.79 Å². The number of rotatable bonds is 4. The summed E-state index contributed by atoms with van der Waals surface area (Å²) in [5.74, 6) is 0.136. The van der Waals surface area contributed by atoms with Gasteiger partial charge in [-0.25, -0.2) is 0 Å². The molecule has 3 rings (SSSR count). The third-order valence-corrected chi connectivity index (χ3v) is 6.01. The van der Waals surface area contributed by atoms with Crippen molar-refractivity contribution in [1.29, 1.82) is 0 Å². The van der Waals surface area contributed by atoms with Crippen molar-refractivity contribution in [2.24, 2.45) is 0 Å². The van der Waals surface area contributed by atoms with E-state index in [-0.39, 0.29) is 5.78 Å². The van der Waals surface area contributed by atoms with E-state index in [9.17, 15) is 4.79 Å². The minimum atomic E-state index is -0.696. The van der Waals surface area contributed by atoms with Gasteiger partial charge in [-0.1, -0.05) is 25.1 Å². The summed E-state index contributed by atoms with van der Waals surface area (Å²) >= 11 is -0.696. The Balaban J connectivity index is 2.23. The summed E-state index contributed by atoms with van der Waals surface area (Å²) in [6, 6.07) is 13.9. The Morgan fingerprint density at radius 2 is 1.71 bits per heavy atom. The molecule has 0 amide bonds. The third-order valence-electron chi connectivity index (χ3n) is 3.58. The van der Waals surface area contributed by atoms with Crippen LogP contribution in [0.15, 0.2) is 52.3 Å². The average Bonchev–Trinajstić information content (AvgIpc) is 2.52. The van der Waals surface area contributed by atoms with E-state index in [1.807, 2.05) is 30.3 Å². The number of thiol groups is 1. The molecule has 110 valence electrons. The molecule has 0 aromatic heterocycles. The highest BCUT2D eigenvalue weighted by atomic mass is 32.2. The molecule has 1 unspecified atom stereocenters. The first kappa shape index (κ1) is 14.2. The van der Waals surface area contributed by atoms with E-state index in [0.29, 0.717) is 0 Å². The van der Waals surface area contributed by atoms with Gasteiger partial charge in [0.05, 0.1) is 0 Å². The summed E-state index contributed by atoms with van der Waals surface area (Å²) in [5, 5.41) is 3.40.